The van der Waals surface area contributed by atoms with E-state index in [1.807, 2.05) is 43.8 Å². The number of thioether (sulfide) groups is 1. The third-order valence-corrected chi connectivity index (χ3v) is 4.31. The second kappa shape index (κ2) is 6.12. The molecular weight excluding hydrogens is 242 g/mol. The molecule has 2 atom stereocenters. The summed E-state index contributed by atoms with van der Waals surface area (Å²) in [6.45, 7) is 3.99. The molecule has 2 rings (SSSR count). The molecule has 1 aromatic carbocycles. The van der Waals surface area contributed by atoms with E-state index in [2.05, 4.69) is 24.3 Å². The Labute approximate surface area is 113 Å². The van der Waals surface area contributed by atoms with Crippen LogP contribution in [0.2, 0.25) is 0 Å². The quantitative estimate of drug-likeness (QED) is 0.887. The van der Waals surface area contributed by atoms with Crippen molar-refractivity contribution in [2.75, 3.05) is 0 Å². The van der Waals surface area contributed by atoms with E-state index in [1.54, 1.807) is 0 Å². The Hall–Kier alpha value is -1.19. The summed E-state index contributed by atoms with van der Waals surface area (Å²) in [5, 5.41) is 0.207. The van der Waals surface area contributed by atoms with Gasteiger partial charge in [-0.25, -0.2) is 0 Å². The van der Waals surface area contributed by atoms with E-state index in [0.717, 1.165) is 17.3 Å². The Morgan fingerprint density at radius 1 is 1.17 bits per heavy atom. The summed E-state index contributed by atoms with van der Waals surface area (Å²) < 4.78 is 5.69. The first kappa shape index (κ1) is 13.2. The van der Waals surface area contributed by atoms with Gasteiger partial charge in [0.25, 0.3) is 0 Å². The Kier molecular flexibility index (Phi) is 4.50. The average molecular weight is 261 g/mol. The van der Waals surface area contributed by atoms with Crippen LogP contribution in [0.25, 0.3) is 0 Å². The van der Waals surface area contributed by atoms with Crippen LogP contribution in [0.5, 0.6) is 0 Å². The van der Waals surface area contributed by atoms with E-state index in [9.17, 15) is 0 Å². The highest BCUT2D eigenvalue weighted by atomic mass is 32.2. The molecule has 0 aliphatic carbocycles. The van der Waals surface area contributed by atoms with Crippen molar-refractivity contribution in [3.05, 3.63) is 59.5 Å². The molecule has 2 nitrogen and oxygen atoms in total. The molecule has 1 heterocycles. The highest BCUT2D eigenvalue weighted by Crippen LogP contribution is 2.34. The molecule has 2 N–H and O–H groups in total. The topological polar surface area (TPSA) is 39.2 Å². The number of hydrogen-bond donors (Lipinski definition) is 1. The fourth-order valence-corrected chi connectivity index (χ4v) is 3.02. The second-order valence-electron chi connectivity index (χ2n) is 4.52. The highest BCUT2D eigenvalue weighted by Gasteiger charge is 2.20. The van der Waals surface area contributed by atoms with Crippen molar-refractivity contribution >= 4 is 11.8 Å². The number of benzene rings is 1. The molecule has 0 aliphatic heterocycles. The zero-order valence-electron chi connectivity index (χ0n) is 10.8. The third kappa shape index (κ3) is 3.40. The zero-order chi connectivity index (χ0) is 13.0. The molecule has 0 amide bonds. The lowest BCUT2D eigenvalue weighted by atomic mass is 10.2. The summed E-state index contributed by atoms with van der Waals surface area (Å²) in [6, 6.07) is 14.5. The molecule has 2 unspecified atom stereocenters. The second-order valence-corrected chi connectivity index (χ2v) is 5.65. The normalized spacial score (nSPS) is 14.4. The summed E-state index contributed by atoms with van der Waals surface area (Å²) >= 11 is 1.83. The molecule has 0 fully saturated rings. The van der Waals surface area contributed by atoms with Crippen molar-refractivity contribution in [3.8, 4) is 0 Å². The van der Waals surface area contributed by atoms with Gasteiger partial charge in [0.1, 0.15) is 11.5 Å². The van der Waals surface area contributed by atoms with E-state index in [4.69, 9.17) is 10.2 Å². The van der Waals surface area contributed by atoms with Crippen LogP contribution < -0.4 is 5.73 Å². The van der Waals surface area contributed by atoms with Crippen molar-refractivity contribution in [1.29, 1.82) is 0 Å². The number of rotatable bonds is 5. The maximum absolute atomic E-state index is 6.06. The summed E-state index contributed by atoms with van der Waals surface area (Å²) in [4.78, 5) is 0. The lowest BCUT2D eigenvalue weighted by Gasteiger charge is -2.18. The molecule has 0 radical (unpaired) electrons. The largest absolute Gasteiger partial charge is 0.465 e. The van der Waals surface area contributed by atoms with Gasteiger partial charge >= 0.3 is 0 Å². The standard InChI is InChI=1S/C15H19NOS/c1-11-8-9-14(17-11)15(12(2)16)18-10-13-6-4-3-5-7-13/h3-9,12,15H,10,16H2,1-2H3. The van der Waals surface area contributed by atoms with Crippen molar-refractivity contribution in [1.82, 2.24) is 0 Å². The number of furan rings is 1. The third-order valence-electron chi connectivity index (χ3n) is 2.79. The molecule has 0 saturated heterocycles. The summed E-state index contributed by atoms with van der Waals surface area (Å²) in [5.74, 6) is 2.87. The Morgan fingerprint density at radius 2 is 1.89 bits per heavy atom. The van der Waals surface area contributed by atoms with Gasteiger partial charge in [-0.1, -0.05) is 30.3 Å². The van der Waals surface area contributed by atoms with Crippen molar-refractivity contribution in [2.24, 2.45) is 5.73 Å². The van der Waals surface area contributed by atoms with Crippen molar-refractivity contribution in [3.63, 3.8) is 0 Å². The monoisotopic (exact) mass is 261 g/mol. The molecule has 3 heteroatoms. The van der Waals surface area contributed by atoms with Crippen LogP contribution >= 0.6 is 11.8 Å². The molecule has 0 spiro atoms. The summed E-state index contributed by atoms with van der Waals surface area (Å²) in [5.41, 5.74) is 7.38. The first-order valence-electron chi connectivity index (χ1n) is 6.14. The van der Waals surface area contributed by atoms with E-state index >= 15 is 0 Å². The van der Waals surface area contributed by atoms with Gasteiger partial charge in [-0.2, -0.15) is 0 Å². The van der Waals surface area contributed by atoms with Crippen LogP contribution in [-0.4, -0.2) is 6.04 Å². The maximum Gasteiger partial charge on any atom is 0.118 e. The Bertz CT molecular complexity index is 478. The molecule has 18 heavy (non-hydrogen) atoms. The lowest BCUT2D eigenvalue weighted by molar-refractivity contribution is 0.464. The molecule has 0 bridgehead atoms. The zero-order valence-corrected chi connectivity index (χ0v) is 11.6. The van der Waals surface area contributed by atoms with Gasteiger partial charge < -0.3 is 10.2 Å². The fourth-order valence-electron chi connectivity index (χ4n) is 1.86. The minimum Gasteiger partial charge on any atom is -0.465 e. The van der Waals surface area contributed by atoms with Crippen molar-refractivity contribution < 1.29 is 4.42 Å². The molecule has 96 valence electrons. The van der Waals surface area contributed by atoms with E-state index in [0.29, 0.717) is 0 Å². The van der Waals surface area contributed by atoms with Crippen molar-refractivity contribution in [2.45, 2.75) is 30.9 Å². The fraction of sp³-hybridized carbons (Fsp3) is 0.333. The van der Waals surface area contributed by atoms with Crippen LogP contribution in [0.15, 0.2) is 46.9 Å². The van der Waals surface area contributed by atoms with Gasteiger partial charge in [-0.15, -0.1) is 11.8 Å². The van der Waals surface area contributed by atoms with Crippen LogP contribution in [-0.2, 0) is 5.75 Å². The SMILES string of the molecule is Cc1ccc(C(SCc2ccccc2)C(C)N)o1. The van der Waals surface area contributed by atoms with E-state index < -0.39 is 0 Å². The molecule has 2 aromatic rings. The van der Waals surface area contributed by atoms with Crippen LogP contribution in [0.3, 0.4) is 0 Å². The predicted octanol–water partition coefficient (Wildman–Crippen LogP) is 3.91. The van der Waals surface area contributed by atoms with E-state index in [-0.39, 0.29) is 11.3 Å². The minimum atomic E-state index is 0.0734. The highest BCUT2D eigenvalue weighted by molar-refractivity contribution is 7.98. The summed E-state index contributed by atoms with van der Waals surface area (Å²) in [6.07, 6.45) is 0. The first-order chi connectivity index (χ1) is 8.66. The summed E-state index contributed by atoms with van der Waals surface area (Å²) in [7, 11) is 0. The van der Waals surface area contributed by atoms with Gasteiger partial charge in [0.15, 0.2) is 0 Å². The minimum absolute atomic E-state index is 0.0734. The first-order valence-corrected chi connectivity index (χ1v) is 7.19. The smallest absolute Gasteiger partial charge is 0.118 e. The lowest BCUT2D eigenvalue weighted by Crippen LogP contribution is -2.22. The Morgan fingerprint density at radius 3 is 2.44 bits per heavy atom. The van der Waals surface area contributed by atoms with Gasteiger partial charge in [0, 0.05) is 11.8 Å². The molecule has 0 saturated carbocycles. The van der Waals surface area contributed by atoms with Crippen LogP contribution in [0, 0.1) is 6.92 Å². The van der Waals surface area contributed by atoms with Gasteiger partial charge in [-0.05, 0) is 31.5 Å². The van der Waals surface area contributed by atoms with Crippen LogP contribution in [0.4, 0.5) is 0 Å². The average Bonchev–Trinajstić information content (AvgIpc) is 2.77. The number of aryl methyl sites for hydroxylation is 1. The number of hydrogen-bond acceptors (Lipinski definition) is 3. The molecule has 0 aliphatic rings. The maximum atomic E-state index is 6.06. The van der Waals surface area contributed by atoms with Gasteiger partial charge in [0.05, 0.1) is 5.25 Å². The number of nitrogens with two attached hydrogens (primary N) is 1. The van der Waals surface area contributed by atoms with Crippen LogP contribution in [0.1, 0.15) is 29.3 Å². The predicted molar refractivity (Wildman–Crippen MR) is 77.6 cm³/mol. The molecule has 1 aromatic heterocycles. The Balaban J connectivity index is 2.04. The van der Waals surface area contributed by atoms with Gasteiger partial charge in [0.2, 0.25) is 0 Å². The van der Waals surface area contributed by atoms with Gasteiger partial charge in [-0.3, -0.25) is 0 Å². The molecular formula is C15H19NOS. The van der Waals surface area contributed by atoms with E-state index in [1.165, 1.54) is 5.56 Å².